The Hall–Kier alpha value is -2.24. The van der Waals surface area contributed by atoms with Crippen molar-refractivity contribution in [3.8, 4) is 0 Å². The quantitative estimate of drug-likeness (QED) is 0.771. The predicted octanol–water partition coefficient (Wildman–Crippen LogP) is 2.25. The highest BCUT2D eigenvalue weighted by Gasteiger charge is 2.16. The van der Waals surface area contributed by atoms with Gasteiger partial charge in [0, 0.05) is 12.1 Å². The van der Waals surface area contributed by atoms with Crippen LogP contribution in [-0.2, 0) is 4.74 Å². The highest BCUT2D eigenvalue weighted by Crippen LogP contribution is 2.18. The zero-order valence-corrected chi connectivity index (χ0v) is 9.33. The van der Waals surface area contributed by atoms with Crippen molar-refractivity contribution in [2.45, 2.75) is 6.92 Å². The molecule has 0 amide bonds. The van der Waals surface area contributed by atoms with Crippen LogP contribution in [0.4, 0.5) is 8.78 Å². The molecule has 0 N–H and O–H groups in total. The lowest BCUT2D eigenvalue weighted by Crippen LogP contribution is -2.10. The van der Waals surface area contributed by atoms with E-state index in [1.54, 1.807) is 6.92 Å². The molecule has 4 nitrogen and oxygen atoms in total. The Bertz CT molecular complexity index is 676. The van der Waals surface area contributed by atoms with Gasteiger partial charge in [0.15, 0.2) is 16.8 Å². The Morgan fingerprint density at radius 2 is 2.06 bits per heavy atom. The lowest BCUT2D eigenvalue weighted by Gasteiger charge is -2.03. The number of rotatable bonds is 2. The molecule has 0 bridgehead atoms. The van der Waals surface area contributed by atoms with Crippen molar-refractivity contribution in [2.75, 3.05) is 6.61 Å². The molecular formula is C12H8F2O4. The summed E-state index contributed by atoms with van der Waals surface area (Å²) in [5.74, 6) is -3.23. The van der Waals surface area contributed by atoms with Crippen LogP contribution in [0.2, 0.25) is 0 Å². The second-order valence-corrected chi connectivity index (χ2v) is 3.46. The zero-order chi connectivity index (χ0) is 13.3. The molecule has 2 aromatic rings. The molecule has 2 rings (SSSR count). The van der Waals surface area contributed by atoms with Crippen molar-refractivity contribution in [1.29, 1.82) is 0 Å². The SMILES string of the molecule is CCOC(=O)c1cc(=O)c2cc(F)cc(F)c2o1. The van der Waals surface area contributed by atoms with Gasteiger partial charge in [0.1, 0.15) is 5.82 Å². The molecular weight excluding hydrogens is 246 g/mol. The molecule has 0 atom stereocenters. The fourth-order valence-electron chi connectivity index (χ4n) is 1.49. The number of hydrogen-bond acceptors (Lipinski definition) is 4. The number of esters is 1. The average molecular weight is 254 g/mol. The summed E-state index contributed by atoms with van der Waals surface area (Å²) in [6, 6.07) is 2.26. The molecule has 0 saturated carbocycles. The molecule has 6 heteroatoms. The maximum atomic E-state index is 13.4. The second-order valence-electron chi connectivity index (χ2n) is 3.46. The lowest BCUT2D eigenvalue weighted by molar-refractivity contribution is 0.0490. The summed E-state index contributed by atoms with van der Waals surface area (Å²) in [6.45, 7) is 1.67. The van der Waals surface area contributed by atoms with Gasteiger partial charge in [-0.3, -0.25) is 4.79 Å². The van der Waals surface area contributed by atoms with Crippen LogP contribution in [0, 0.1) is 11.6 Å². The summed E-state index contributed by atoms with van der Waals surface area (Å²) >= 11 is 0. The third-order valence-corrected chi connectivity index (χ3v) is 2.22. The fraction of sp³-hybridized carbons (Fsp3) is 0.167. The van der Waals surface area contributed by atoms with E-state index in [2.05, 4.69) is 4.74 Å². The van der Waals surface area contributed by atoms with E-state index < -0.39 is 34.4 Å². The van der Waals surface area contributed by atoms with Crippen LogP contribution in [0.1, 0.15) is 17.5 Å². The third kappa shape index (κ3) is 2.09. The highest BCUT2D eigenvalue weighted by molar-refractivity contribution is 5.89. The van der Waals surface area contributed by atoms with E-state index in [1.807, 2.05) is 0 Å². The summed E-state index contributed by atoms with van der Waals surface area (Å²) in [5.41, 5.74) is -1.18. The first-order valence-corrected chi connectivity index (χ1v) is 5.13. The molecule has 1 aromatic heterocycles. The zero-order valence-electron chi connectivity index (χ0n) is 9.33. The van der Waals surface area contributed by atoms with E-state index in [0.29, 0.717) is 6.07 Å². The van der Waals surface area contributed by atoms with Gasteiger partial charge in [-0.15, -0.1) is 0 Å². The van der Waals surface area contributed by atoms with Crippen molar-refractivity contribution in [3.05, 3.63) is 45.8 Å². The molecule has 0 aliphatic carbocycles. The summed E-state index contributed by atoms with van der Waals surface area (Å²) in [5, 5.41) is -0.263. The molecule has 0 fully saturated rings. The number of hydrogen-bond donors (Lipinski definition) is 0. The van der Waals surface area contributed by atoms with Gasteiger partial charge in [-0.2, -0.15) is 0 Å². The minimum atomic E-state index is -1.05. The van der Waals surface area contributed by atoms with Crippen molar-refractivity contribution >= 4 is 16.9 Å². The van der Waals surface area contributed by atoms with Gasteiger partial charge in [0.2, 0.25) is 5.76 Å². The largest absolute Gasteiger partial charge is 0.460 e. The van der Waals surface area contributed by atoms with Crippen LogP contribution in [0.15, 0.2) is 27.4 Å². The Labute approximate surface area is 99.8 Å². The molecule has 0 spiro atoms. The molecule has 0 aliphatic heterocycles. The Kier molecular flexibility index (Phi) is 3.10. The first-order chi connectivity index (χ1) is 8.52. The Morgan fingerprint density at radius 3 is 2.72 bits per heavy atom. The van der Waals surface area contributed by atoms with Gasteiger partial charge < -0.3 is 9.15 Å². The van der Waals surface area contributed by atoms with Crippen LogP contribution >= 0.6 is 0 Å². The number of carbonyl (C=O) groups is 1. The molecule has 1 aromatic carbocycles. The van der Waals surface area contributed by atoms with Crippen molar-refractivity contribution in [2.24, 2.45) is 0 Å². The third-order valence-electron chi connectivity index (χ3n) is 2.22. The number of ether oxygens (including phenoxy) is 1. The van der Waals surface area contributed by atoms with Crippen LogP contribution in [0.5, 0.6) is 0 Å². The molecule has 94 valence electrons. The van der Waals surface area contributed by atoms with E-state index in [4.69, 9.17) is 4.42 Å². The maximum Gasteiger partial charge on any atom is 0.374 e. The van der Waals surface area contributed by atoms with Crippen molar-refractivity contribution in [1.82, 2.24) is 0 Å². The highest BCUT2D eigenvalue weighted by atomic mass is 19.1. The Balaban J connectivity index is 2.69. The lowest BCUT2D eigenvalue weighted by atomic mass is 10.2. The summed E-state index contributed by atoms with van der Waals surface area (Å²) < 4.78 is 35.9. The minimum Gasteiger partial charge on any atom is -0.460 e. The number of halogens is 2. The summed E-state index contributed by atoms with van der Waals surface area (Å²) in [7, 11) is 0. The minimum absolute atomic E-state index is 0.0898. The normalized spacial score (nSPS) is 10.6. The maximum absolute atomic E-state index is 13.4. The standard InChI is InChI=1S/C12H8F2O4/c1-2-17-12(16)10-5-9(15)7-3-6(13)4-8(14)11(7)18-10/h3-5H,2H2,1H3. The second kappa shape index (κ2) is 4.56. The monoisotopic (exact) mass is 254 g/mol. The topological polar surface area (TPSA) is 56.5 Å². The van der Waals surface area contributed by atoms with Gasteiger partial charge in [-0.25, -0.2) is 13.6 Å². The molecule has 1 heterocycles. The van der Waals surface area contributed by atoms with Gasteiger partial charge in [0.05, 0.1) is 12.0 Å². The van der Waals surface area contributed by atoms with Gasteiger partial charge in [0.25, 0.3) is 0 Å². The summed E-state index contributed by atoms with van der Waals surface area (Å²) in [6.07, 6.45) is 0. The van der Waals surface area contributed by atoms with Crippen LogP contribution in [0.3, 0.4) is 0 Å². The molecule has 0 unspecified atom stereocenters. The Morgan fingerprint density at radius 1 is 1.33 bits per heavy atom. The summed E-state index contributed by atoms with van der Waals surface area (Å²) in [4.78, 5) is 23.0. The van der Waals surface area contributed by atoms with E-state index in [1.165, 1.54) is 0 Å². The number of carbonyl (C=O) groups excluding carboxylic acids is 1. The van der Waals surface area contributed by atoms with Gasteiger partial charge in [-0.05, 0) is 13.0 Å². The molecule has 0 saturated heterocycles. The molecule has 18 heavy (non-hydrogen) atoms. The number of benzene rings is 1. The van der Waals surface area contributed by atoms with E-state index in [9.17, 15) is 18.4 Å². The average Bonchev–Trinajstić information content (AvgIpc) is 2.30. The van der Waals surface area contributed by atoms with Crippen LogP contribution < -0.4 is 5.43 Å². The molecule has 0 radical (unpaired) electrons. The smallest absolute Gasteiger partial charge is 0.374 e. The first kappa shape index (κ1) is 12.2. The van der Waals surface area contributed by atoms with Gasteiger partial charge >= 0.3 is 5.97 Å². The number of fused-ring (bicyclic) bond motifs is 1. The van der Waals surface area contributed by atoms with E-state index >= 15 is 0 Å². The van der Waals surface area contributed by atoms with Crippen molar-refractivity contribution in [3.63, 3.8) is 0 Å². The van der Waals surface area contributed by atoms with Crippen molar-refractivity contribution < 1.29 is 22.7 Å². The fourth-order valence-corrected chi connectivity index (χ4v) is 1.49. The predicted molar refractivity (Wildman–Crippen MR) is 58.4 cm³/mol. The van der Waals surface area contributed by atoms with Gasteiger partial charge in [-0.1, -0.05) is 0 Å². The first-order valence-electron chi connectivity index (χ1n) is 5.13. The van der Waals surface area contributed by atoms with E-state index in [-0.39, 0.29) is 12.0 Å². The van der Waals surface area contributed by atoms with Crippen LogP contribution in [-0.4, -0.2) is 12.6 Å². The van der Waals surface area contributed by atoms with E-state index in [0.717, 1.165) is 12.1 Å². The molecule has 0 aliphatic rings. The van der Waals surface area contributed by atoms with Crippen LogP contribution in [0.25, 0.3) is 11.0 Å².